The van der Waals surface area contributed by atoms with Crippen LogP contribution in [0.25, 0.3) is 0 Å². The number of likely N-dealkylation sites (N-methyl/N-ethyl adjacent to an activating group) is 1. The fourth-order valence-electron chi connectivity index (χ4n) is 1.57. The summed E-state index contributed by atoms with van der Waals surface area (Å²) in [6.45, 7) is 3.71. The van der Waals surface area contributed by atoms with Crippen molar-refractivity contribution in [1.82, 2.24) is 5.32 Å². The lowest BCUT2D eigenvalue weighted by atomic mass is 10.0. The Morgan fingerprint density at radius 3 is 2.60 bits per heavy atom. The van der Waals surface area contributed by atoms with Crippen molar-refractivity contribution in [2.24, 2.45) is 0 Å². The van der Waals surface area contributed by atoms with Crippen LogP contribution in [-0.2, 0) is 6.42 Å². The second-order valence-electron chi connectivity index (χ2n) is 3.68. The second kappa shape index (κ2) is 6.36. The monoisotopic (exact) mass is 207 g/mol. The standard InChI is InChI=1S/C13H18FN/c1-3-4-5-13(15-2)10-11-6-8-12(14)9-7-11/h3,6-9,13,15H,1,4-5,10H2,2H3. The van der Waals surface area contributed by atoms with Gasteiger partial charge in [0.05, 0.1) is 0 Å². The minimum Gasteiger partial charge on any atom is -0.317 e. The van der Waals surface area contributed by atoms with E-state index in [1.165, 1.54) is 17.7 Å². The van der Waals surface area contributed by atoms with E-state index >= 15 is 0 Å². The van der Waals surface area contributed by atoms with Crippen molar-refractivity contribution < 1.29 is 4.39 Å². The molecule has 0 aliphatic carbocycles. The van der Waals surface area contributed by atoms with Gasteiger partial charge in [0, 0.05) is 6.04 Å². The highest BCUT2D eigenvalue weighted by atomic mass is 19.1. The molecule has 0 aliphatic heterocycles. The maximum absolute atomic E-state index is 12.7. The average Bonchev–Trinajstić information content (AvgIpc) is 2.27. The van der Waals surface area contributed by atoms with Gasteiger partial charge in [0.25, 0.3) is 0 Å². The van der Waals surface area contributed by atoms with Gasteiger partial charge in [-0.05, 0) is 44.0 Å². The van der Waals surface area contributed by atoms with Crippen LogP contribution in [0.15, 0.2) is 36.9 Å². The summed E-state index contributed by atoms with van der Waals surface area (Å²) in [5.41, 5.74) is 1.17. The molecule has 0 saturated carbocycles. The van der Waals surface area contributed by atoms with Crippen LogP contribution in [0.4, 0.5) is 4.39 Å². The highest BCUT2D eigenvalue weighted by Crippen LogP contribution is 2.09. The summed E-state index contributed by atoms with van der Waals surface area (Å²) in [6, 6.07) is 7.14. The molecule has 0 saturated heterocycles. The third kappa shape index (κ3) is 4.26. The Hall–Kier alpha value is -1.15. The minimum absolute atomic E-state index is 0.175. The van der Waals surface area contributed by atoms with E-state index in [1.807, 2.05) is 25.3 Å². The lowest BCUT2D eigenvalue weighted by Gasteiger charge is -2.15. The fraction of sp³-hybridized carbons (Fsp3) is 0.385. The molecule has 0 amide bonds. The molecule has 1 aromatic carbocycles. The van der Waals surface area contributed by atoms with E-state index in [0.717, 1.165) is 19.3 Å². The van der Waals surface area contributed by atoms with Gasteiger partial charge in [0.1, 0.15) is 5.82 Å². The van der Waals surface area contributed by atoms with Crippen LogP contribution < -0.4 is 5.32 Å². The van der Waals surface area contributed by atoms with Crippen molar-refractivity contribution in [2.45, 2.75) is 25.3 Å². The molecule has 1 aromatic rings. The zero-order valence-electron chi connectivity index (χ0n) is 9.17. The fourth-order valence-corrected chi connectivity index (χ4v) is 1.57. The third-order valence-electron chi connectivity index (χ3n) is 2.52. The van der Waals surface area contributed by atoms with Gasteiger partial charge in [-0.2, -0.15) is 0 Å². The molecule has 0 aliphatic rings. The largest absolute Gasteiger partial charge is 0.317 e. The molecule has 0 heterocycles. The van der Waals surface area contributed by atoms with Crippen molar-refractivity contribution >= 4 is 0 Å². The lowest BCUT2D eigenvalue weighted by Crippen LogP contribution is -2.27. The first-order chi connectivity index (χ1) is 7.26. The van der Waals surface area contributed by atoms with Crippen LogP contribution in [0.1, 0.15) is 18.4 Å². The molecule has 1 N–H and O–H groups in total. The SMILES string of the molecule is C=CCCC(Cc1ccc(F)cc1)NC. The molecule has 1 nitrogen and oxygen atoms in total. The molecule has 0 bridgehead atoms. The molecule has 82 valence electrons. The first kappa shape index (κ1) is 11.9. The van der Waals surface area contributed by atoms with Crippen LogP contribution in [-0.4, -0.2) is 13.1 Å². The maximum Gasteiger partial charge on any atom is 0.123 e. The molecule has 15 heavy (non-hydrogen) atoms. The van der Waals surface area contributed by atoms with Crippen LogP contribution in [0, 0.1) is 5.82 Å². The first-order valence-corrected chi connectivity index (χ1v) is 5.29. The normalized spacial score (nSPS) is 12.4. The van der Waals surface area contributed by atoms with E-state index < -0.39 is 0 Å². The number of rotatable bonds is 6. The lowest BCUT2D eigenvalue weighted by molar-refractivity contribution is 0.524. The number of allylic oxidation sites excluding steroid dienone is 1. The number of hydrogen-bond acceptors (Lipinski definition) is 1. The van der Waals surface area contributed by atoms with E-state index in [4.69, 9.17) is 0 Å². The average molecular weight is 207 g/mol. The molecule has 1 atom stereocenters. The van der Waals surface area contributed by atoms with Crippen LogP contribution in [0.5, 0.6) is 0 Å². The van der Waals surface area contributed by atoms with Crippen LogP contribution in [0.3, 0.4) is 0 Å². The predicted octanol–water partition coefficient (Wildman–Crippen LogP) is 2.92. The summed E-state index contributed by atoms with van der Waals surface area (Å²) in [6.07, 6.45) is 4.93. The molecule has 0 radical (unpaired) electrons. The van der Waals surface area contributed by atoms with Crippen molar-refractivity contribution in [3.63, 3.8) is 0 Å². The first-order valence-electron chi connectivity index (χ1n) is 5.29. The van der Waals surface area contributed by atoms with Crippen LogP contribution >= 0.6 is 0 Å². The van der Waals surface area contributed by atoms with E-state index in [1.54, 1.807) is 0 Å². The molecular weight excluding hydrogens is 189 g/mol. The zero-order chi connectivity index (χ0) is 11.1. The molecule has 0 fully saturated rings. The molecule has 2 heteroatoms. The summed E-state index contributed by atoms with van der Waals surface area (Å²) in [5.74, 6) is -0.175. The molecule has 1 rings (SSSR count). The Labute approximate surface area is 91.0 Å². The van der Waals surface area contributed by atoms with Gasteiger partial charge < -0.3 is 5.32 Å². The highest BCUT2D eigenvalue weighted by Gasteiger charge is 2.05. The Kier molecular flexibility index (Phi) is 5.05. The van der Waals surface area contributed by atoms with E-state index in [-0.39, 0.29) is 5.82 Å². The van der Waals surface area contributed by atoms with Crippen molar-refractivity contribution in [3.8, 4) is 0 Å². The van der Waals surface area contributed by atoms with Crippen molar-refractivity contribution in [3.05, 3.63) is 48.3 Å². The molecule has 1 unspecified atom stereocenters. The molecule has 0 aromatic heterocycles. The van der Waals surface area contributed by atoms with Gasteiger partial charge in [0.15, 0.2) is 0 Å². The van der Waals surface area contributed by atoms with Gasteiger partial charge in [-0.15, -0.1) is 6.58 Å². The molecule has 0 spiro atoms. The van der Waals surface area contributed by atoms with E-state index in [2.05, 4.69) is 11.9 Å². The second-order valence-corrected chi connectivity index (χ2v) is 3.68. The number of nitrogens with one attached hydrogen (secondary N) is 1. The third-order valence-corrected chi connectivity index (χ3v) is 2.52. The summed E-state index contributed by atoms with van der Waals surface area (Å²) >= 11 is 0. The predicted molar refractivity (Wildman–Crippen MR) is 62.4 cm³/mol. The van der Waals surface area contributed by atoms with Crippen molar-refractivity contribution in [2.75, 3.05) is 7.05 Å². The Bertz CT molecular complexity index is 292. The maximum atomic E-state index is 12.7. The summed E-state index contributed by atoms with van der Waals surface area (Å²) in [4.78, 5) is 0. The Morgan fingerprint density at radius 2 is 2.07 bits per heavy atom. The Balaban J connectivity index is 2.50. The van der Waals surface area contributed by atoms with Gasteiger partial charge >= 0.3 is 0 Å². The van der Waals surface area contributed by atoms with Crippen LogP contribution in [0.2, 0.25) is 0 Å². The molecular formula is C13H18FN. The van der Waals surface area contributed by atoms with Crippen molar-refractivity contribution in [1.29, 1.82) is 0 Å². The van der Waals surface area contributed by atoms with E-state index in [0.29, 0.717) is 6.04 Å². The number of halogens is 1. The van der Waals surface area contributed by atoms with E-state index in [9.17, 15) is 4.39 Å². The number of benzene rings is 1. The van der Waals surface area contributed by atoms with Gasteiger partial charge in [0.2, 0.25) is 0 Å². The van der Waals surface area contributed by atoms with Gasteiger partial charge in [-0.3, -0.25) is 0 Å². The quantitative estimate of drug-likeness (QED) is 0.707. The minimum atomic E-state index is -0.175. The summed E-state index contributed by atoms with van der Waals surface area (Å²) in [7, 11) is 1.96. The summed E-state index contributed by atoms with van der Waals surface area (Å²) in [5, 5.41) is 3.26. The summed E-state index contributed by atoms with van der Waals surface area (Å²) < 4.78 is 12.7. The smallest absolute Gasteiger partial charge is 0.123 e. The number of hydrogen-bond donors (Lipinski definition) is 1. The Morgan fingerprint density at radius 1 is 1.40 bits per heavy atom. The highest BCUT2D eigenvalue weighted by molar-refractivity contribution is 5.17. The van der Waals surface area contributed by atoms with Gasteiger partial charge in [-0.1, -0.05) is 18.2 Å². The zero-order valence-corrected chi connectivity index (χ0v) is 9.17. The van der Waals surface area contributed by atoms with Gasteiger partial charge in [-0.25, -0.2) is 4.39 Å². The topological polar surface area (TPSA) is 12.0 Å².